The molecule has 0 aliphatic rings. The van der Waals surface area contributed by atoms with E-state index in [-0.39, 0.29) is 5.91 Å². The highest BCUT2D eigenvalue weighted by Crippen LogP contribution is 2.22. The Morgan fingerprint density at radius 2 is 1.92 bits per heavy atom. The Kier molecular flexibility index (Phi) is 4.01. The lowest BCUT2D eigenvalue weighted by Gasteiger charge is -2.06. The lowest BCUT2D eigenvalue weighted by Crippen LogP contribution is -2.17. The number of nitrogens with zero attached hydrogens (tertiary/aromatic N) is 4. The molecule has 0 bridgehead atoms. The van der Waals surface area contributed by atoms with E-state index in [0.29, 0.717) is 12.1 Å². The van der Waals surface area contributed by atoms with Gasteiger partial charge in [0.1, 0.15) is 5.52 Å². The van der Waals surface area contributed by atoms with Crippen molar-refractivity contribution in [2.75, 3.05) is 7.05 Å². The summed E-state index contributed by atoms with van der Waals surface area (Å²) in [5, 5.41) is 6.89. The summed E-state index contributed by atoms with van der Waals surface area (Å²) in [6.07, 6.45) is 7.43. The van der Waals surface area contributed by atoms with Crippen molar-refractivity contribution in [1.82, 2.24) is 24.6 Å². The topological polar surface area (TPSA) is 64.7 Å². The summed E-state index contributed by atoms with van der Waals surface area (Å²) in [5.41, 5.74) is 5.64. The van der Waals surface area contributed by atoms with Crippen molar-refractivity contribution in [2.24, 2.45) is 7.05 Å². The van der Waals surface area contributed by atoms with Gasteiger partial charge >= 0.3 is 0 Å². The van der Waals surface area contributed by atoms with E-state index >= 15 is 0 Å². The zero-order chi connectivity index (χ0) is 18.1. The molecule has 130 valence electrons. The van der Waals surface area contributed by atoms with Crippen LogP contribution >= 0.6 is 0 Å². The van der Waals surface area contributed by atoms with Crippen molar-refractivity contribution in [3.8, 4) is 11.1 Å². The molecule has 0 aliphatic heterocycles. The van der Waals surface area contributed by atoms with Crippen LogP contribution in [0.5, 0.6) is 0 Å². The van der Waals surface area contributed by atoms with Crippen molar-refractivity contribution in [2.45, 2.75) is 6.54 Å². The van der Waals surface area contributed by atoms with Crippen LogP contribution < -0.4 is 5.32 Å². The third-order valence-electron chi connectivity index (χ3n) is 4.45. The van der Waals surface area contributed by atoms with Crippen LogP contribution in [0, 0.1) is 0 Å². The number of aromatic nitrogens is 4. The largest absolute Gasteiger partial charge is 0.355 e. The number of benzene rings is 1. The van der Waals surface area contributed by atoms with E-state index in [4.69, 9.17) is 0 Å². The Morgan fingerprint density at radius 3 is 2.62 bits per heavy atom. The van der Waals surface area contributed by atoms with Crippen molar-refractivity contribution < 1.29 is 4.79 Å². The number of fused-ring (bicyclic) bond motifs is 1. The zero-order valence-corrected chi connectivity index (χ0v) is 14.7. The first-order valence-electron chi connectivity index (χ1n) is 8.39. The van der Waals surface area contributed by atoms with Gasteiger partial charge in [-0.3, -0.25) is 14.5 Å². The van der Waals surface area contributed by atoms with Crippen LogP contribution in [0.3, 0.4) is 0 Å². The number of carbonyl (C=O) groups excluding carboxylic acids is 1. The van der Waals surface area contributed by atoms with Gasteiger partial charge < -0.3 is 9.88 Å². The maximum atomic E-state index is 12.1. The zero-order valence-electron chi connectivity index (χ0n) is 14.7. The molecule has 3 aromatic heterocycles. The number of nitrogens with one attached hydrogen (secondary N) is 1. The molecule has 0 atom stereocenters. The summed E-state index contributed by atoms with van der Waals surface area (Å²) < 4.78 is 3.86. The van der Waals surface area contributed by atoms with Crippen LogP contribution in [-0.2, 0) is 13.6 Å². The number of carbonyl (C=O) groups is 1. The molecule has 3 heterocycles. The van der Waals surface area contributed by atoms with Crippen LogP contribution in [0.4, 0.5) is 0 Å². The molecule has 6 heteroatoms. The highest BCUT2D eigenvalue weighted by atomic mass is 16.1. The van der Waals surface area contributed by atoms with Gasteiger partial charge in [-0.2, -0.15) is 5.10 Å². The third kappa shape index (κ3) is 2.86. The van der Waals surface area contributed by atoms with Crippen LogP contribution in [0.25, 0.3) is 22.2 Å². The van der Waals surface area contributed by atoms with Crippen LogP contribution in [0.2, 0.25) is 0 Å². The summed E-state index contributed by atoms with van der Waals surface area (Å²) in [6, 6.07) is 12.3. The standard InChI is InChI=1S/C20H19N5O/c1-21-20(26)17-13-25(18-4-3-9-22-19(17)18)11-14-5-7-15(8-6-14)16-10-23-24(2)12-16/h3-10,12-13H,11H2,1-2H3,(H,21,26). The van der Waals surface area contributed by atoms with E-state index in [2.05, 4.69) is 44.2 Å². The average molecular weight is 345 g/mol. The Labute approximate surface area is 151 Å². The summed E-state index contributed by atoms with van der Waals surface area (Å²) in [4.78, 5) is 16.5. The van der Waals surface area contributed by atoms with Gasteiger partial charge in [0.2, 0.25) is 0 Å². The average Bonchev–Trinajstić information content (AvgIpc) is 3.26. The lowest BCUT2D eigenvalue weighted by molar-refractivity contribution is 0.0964. The highest BCUT2D eigenvalue weighted by molar-refractivity contribution is 6.05. The highest BCUT2D eigenvalue weighted by Gasteiger charge is 2.15. The Balaban J connectivity index is 1.66. The first-order valence-corrected chi connectivity index (χ1v) is 8.39. The summed E-state index contributed by atoms with van der Waals surface area (Å²) in [6.45, 7) is 0.673. The molecule has 4 aromatic rings. The second-order valence-electron chi connectivity index (χ2n) is 6.22. The van der Waals surface area contributed by atoms with E-state index in [1.54, 1.807) is 17.9 Å². The molecule has 4 rings (SSSR count). The van der Waals surface area contributed by atoms with Gasteiger partial charge in [-0.25, -0.2) is 0 Å². The minimum Gasteiger partial charge on any atom is -0.355 e. The second kappa shape index (κ2) is 6.48. The van der Waals surface area contributed by atoms with Crippen molar-refractivity contribution in [3.05, 3.63) is 72.3 Å². The summed E-state index contributed by atoms with van der Waals surface area (Å²) >= 11 is 0. The number of amides is 1. The SMILES string of the molecule is CNC(=O)c1cn(Cc2ccc(-c3cnn(C)c3)cc2)c2cccnc12. The molecule has 1 aromatic carbocycles. The quantitative estimate of drug-likeness (QED) is 0.618. The normalized spacial score (nSPS) is 11.0. The summed E-state index contributed by atoms with van der Waals surface area (Å²) in [7, 11) is 3.54. The Morgan fingerprint density at radius 1 is 1.12 bits per heavy atom. The van der Waals surface area contributed by atoms with Gasteiger partial charge in [0, 0.05) is 44.8 Å². The minimum absolute atomic E-state index is 0.126. The third-order valence-corrected chi connectivity index (χ3v) is 4.45. The lowest BCUT2D eigenvalue weighted by atomic mass is 10.1. The van der Waals surface area contributed by atoms with Gasteiger partial charge in [0.05, 0.1) is 17.3 Å². The monoisotopic (exact) mass is 345 g/mol. The molecule has 0 saturated heterocycles. The smallest absolute Gasteiger partial charge is 0.254 e. The number of hydrogen-bond donors (Lipinski definition) is 1. The molecule has 0 aliphatic carbocycles. The van der Waals surface area contributed by atoms with Crippen LogP contribution in [0.15, 0.2) is 61.2 Å². The van der Waals surface area contributed by atoms with Crippen LogP contribution in [-0.4, -0.2) is 32.3 Å². The molecule has 0 saturated carbocycles. The molecule has 0 radical (unpaired) electrons. The van der Waals surface area contributed by atoms with Crippen molar-refractivity contribution in [1.29, 1.82) is 0 Å². The molecule has 0 unspecified atom stereocenters. The van der Waals surface area contributed by atoms with E-state index in [1.165, 1.54) is 0 Å². The minimum atomic E-state index is -0.126. The first kappa shape index (κ1) is 16.1. The number of pyridine rings is 1. The fourth-order valence-corrected chi connectivity index (χ4v) is 3.12. The fraction of sp³-hybridized carbons (Fsp3) is 0.150. The fourth-order valence-electron chi connectivity index (χ4n) is 3.12. The maximum Gasteiger partial charge on any atom is 0.254 e. The molecule has 1 N–H and O–H groups in total. The Hall–Kier alpha value is -3.41. The molecular formula is C20H19N5O. The van der Waals surface area contributed by atoms with E-state index < -0.39 is 0 Å². The van der Waals surface area contributed by atoms with E-state index in [0.717, 1.165) is 27.7 Å². The molecular weight excluding hydrogens is 326 g/mol. The molecule has 0 spiro atoms. The molecule has 1 amide bonds. The Bertz CT molecular complexity index is 1080. The maximum absolute atomic E-state index is 12.1. The van der Waals surface area contributed by atoms with Gasteiger partial charge in [0.15, 0.2) is 0 Å². The second-order valence-corrected chi connectivity index (χ2v) is 6.22. The summed E-state index contributed by atoms with van der Waals surface area (Å²) in [5.74, 6) is -0.126. The molecule has 6 nitrogen and oxygen atoms in total. The van der Waals surface area contributed by atoms with Gasteiger partial charge in [-0.1, -0.05) is 24.3 Å². The van der Waals surface area contributed by atoms with Gasteiger partial charge in [0.25, 0.3) is 5.91 Å². The predicted octanol–water partition coefficient (Wildman–Crippen LogP) is 2.84. The predicted molar refractivity (Wildman–Crippen MR) is 101 cm³/mol. The van der Waals surface area contributed by atoms with Gasteiger partial charge in [-0.15, -0.1) is 0 Å². The number of aryl methyl sites for hydroxylation is 1. The number of hydrogen-bond acceptors (Lipinski definition) is 3. The van der Waals surface area contributed by atoms with Crippen LogP contribution in [0.1, 0.15) is 15.9 Å². The van der Waals surface area contributed by atoms with Crippen molar-refractivity contribution >= 4 is 16.9 Å². The van der Waals surface area contributed by atoms with Crippen molar-refractivity contribution in [3.63, 3.8) is 0 Å². The molecule has 26 heavy (non-hydrogen) atoms. The molecule has 0 fully saturated rings. The number of rotatable bonds is 4. The van der Waals surface area contributed by atoms with Gasteiger partial charge in [-0.05, 0) is 23.3 Å². The first-order chi connectivity index (χ1) is 12.7. The van der Waals surface area contributed by atoms with E-state index in [9.17, 15) is 4.79 Å². The van der Waals surface area contributed by atoms with E-state index in [1.807, 2.05) is 37.8 Å².